The Morgan fingerprint density at radius 2 is 1.69 bits per heavy atom. The first kappa shape index (κ1) is 19.0. The van der Waals surface area contributed by atoms with Crippen LogP contribution < -0.4 is 4.74 Å². The van der Waals surface area contributed by atoms with E-state index in [2.05, 4.69) is 78.2 Å². The molecule has 0 fully saturated rings. The number of imidazole rings is 1. The van der Waals surface area contributed by atoms with Crippen LogP contribution in [0.1, 0.15) is 29.8 Å². The maximum absolute atomic E-state index is 5.89. The molecular formula is C26H26N2O. The minimum absolute atomic E-state index is 0.727. The topological polar surface area (TPSA) is 27.1 Å². The van der Waals surface area contributed by atoms with E-state index in [0.717, 1.165) is 43.1 Å². The molecule has 0 radical (unpaired) electrons. The molecule has 0 aliphatic heterocycles. The lowest BCUT2D eigenvalue weighted by molar-refractivity contribution is 0.303. The van der Waals surface area contributed by atoms with Crippen LogP contribution in [0.15, 0.2) is 78.9 Å². The Hall–Kier alpha value is -3.33. The lowest BCUT2D eigenvalue weighted by atomic mass is 10.2. The van der Waals surface area contributed by atoms with Gasteiger partial charge in [-0.2, -0.15) is 0 Å². The summed E-state index contributed by atoms with van der Waals surface area (Å²) in [7, 11) is 0. The van der Waals surface area contributed by atoms with Gasteiger partial charge in [-0.05, 0) is 61.2 Å². The van der Waals surface area contributed by atoms with Crippen LogP contribution in [-0.2, 0) is 6.54 Å². The van der Waals surface area contributed by atoms with E-state index in [9.17, 15) is 0 Å². The predicted octanol–water partition coefficient (Wildman–Crippen LogP) is 6.37. The average molecular weight is 383 g/mol. The smallest absolute Gasteiger partial charge is 0.133 e. The van der Waals surface area contributed by atoms with Crippen molar-refractivity contribution in [2.24, 2.45) is 0 Å². The monoisotopic (exact) mass is 382 g/mol. The minimum Gasteiger partial charge on any atom is -0.494 e. The Balaban J connectivity index is 1.42. The molecule has 3 aromatic carbocycles. The van der Waals surface area contributed by atoms with Crippen LogP contribution in [0.5, 0.6) is 5.75 Å². The second-order valence-corrected chi connectivity index (χ2v) is 7.23. The molecule has 0 spiro atoms. The normalized spacial score (nSPS) is 11.3. The summed E-state index contributed by atoms with van der Waals surface area (Å²) < 4.78 is 8.20. The fourth-order valence-electron chi connectivity index (χ4n) is 3.46. The Kier molecular flexibility index (Phi) is 6.06. The van der Waals surface area contributed by atoms with E-state index >= 15 is 0 Å². The molecule has 146 valence electrons. The van der Waals surface area contributed by atoms with E-state index in [1.807, 2.05) is 24.3 Å². The molecule has 1 heterocycles. The lowest BCUT2D eigenvalue weighted by Gasteiger charge is -2.09. The molecule has 3 heteroatoms. The van der Waals surface area contributed by atoms with Crippen molar-refractivity contribution in [1.82, 2.24) is 9.55 Å². The third-order valence-corrected chi connectivity index (χ3v) is 4.94. The van der Waals surface area contributed by atoms with Crippen molar-refractivity contribution in [3.63, 3.8) is 0 Å². The second-order valence-electron chi connectivity index (χ2n) is 7.23. The van der Waals surface area contributed by atoms with Gasteiger partial charge in [-0.1, -0.05) is 60.7 Å². The molecule has 0 saturated heterocycles. The number of fused-ring (bicyclic) bond motifs is 1. The van der Waals surface area contributed by atoms with Crippen molar-refractivity contribution in [2.45, 2.75) is 26.3 Å². The standard InChI is InChI=1S/C26H26N2O/c1-21-10-9-13-23(20-21)29-19-8-7-18-28-25-15-6-5-14-24(25)27-26(28)17-16-22-11-3-2-4-12-22/h2-6,9-17,20H,7-8,18-19H2,1H3/b17-16+. The summed E-state index contributed by atoms with van der Waals surface area (Å²) in [5, 5.41) is 0. The van der Waals surface area contributed by atoms with Crippen LogP contribution >= 0.6 is 0 Å². The van der Waals surface area contributed by atoms with Crippen LogP contribution in [0, 0.1) is 6.92 Å². The largest absolute Gasteiger partial charge is 0.494 e. The van der Waals surface area contributed by atoms with E-state index in [1.54, 1.807) is 0 Å². The summed E-state index contributed by atoms with van der Waals surface area (Å²) in [6.07, 6.45) is 6.28. The SMILES string of the molecule is Cc1cccc(OCCCCn2c(/C=C/c3ccccc3)nc3ccccc32)c1. The molecule has 0 amide bonds. The highest BCUT2D eigenvalue weighted by Gasteiger charge is 2.08. The fraction of sp³-hybridized carbons (Fsp3) is 0.192. The number of ether oxygens (including phenoxy) is 1. The number of hydrogen-bond donors (Lipinski definition) is 0. The number of rotatable bonds is 8. The van der Waals surface area contributed by atoms with Crippen LogP contribution in [0.4, 0.5) is 0 Å². The first-order chi connectivity index (χ1) is 14.3. The van der Waals surface area contributed by atoms with Gasteiger partial charge in [0, 0.05) is 6.54 Å². The zero-order chi connectivity index (χ0) is 19.9. The molecule has 3 nitrogen and oxygen atoms in total. The quantitative estimate of drug-likeness (QED) is 0.331. The molecule has 4 aromatic rings. The van der Waals surface area contributed by atoms with E-state index in [-0.39, 0.29) is 0 Å². The van der Waals surface area contributed by atoms with E-state index in [4.69, 9.17) is 9.72 Å². The van der Waals surface area contributed by atoms with Gasteiger partial charge in [-0.15, -0.1) is 0 Å². The van der Waals surface area contributed by atoms with Crippen molar-refractivity contribution < 1.29 is 4.74 Å². The molecule has 0 saturated carbocycles. The van der Waals surface area contributed by atoms with Gasteiger partial charge in [0.2, 0.25) is 0 Å². The molecule has 1 aromatic heterocycles. The average Bonchev–Trinajstić information content (AvgIpc) is 3.10. The summed E-state index contributed by atoms with van der Waals surface area (Å²) in [6.45, 7) is 3.74. The predicted molar refractivity (Wildman–Crippen MR) is 121 cm³/mol. The van der Waals surface area contributed by atoms with Crippen LogP contribution in [0.2, 0.25) is 0 Å². The van der Waals surface area contributed by atoms with Crippen LogP contribution in [0.25, 0.3) is 23.2 Å². The minimum atomic E-state index is 0.727. The maximum atomic E-state index is 5.89. The van der Waals surface area contributed by atoms with Gasteiger partial charge in [0.05, 0.1) is 17.6 Å². The van der Waals surface area contributed by atoms with Crippen LogP contribution in [-0.4, -0.2) is 16.2 Å². The van der Waals surface area contributed by atoms with Crippen molar-refractivity contribution in [2.75, 3.05) is 6.61 Å². The summed E-state index contributed by atoms with van der Waals surface area (Å²) in [5.74, 6) is 1.94. The Bertz CT molecular complexity index is 1100. The zero-order valence-electron chi connectivity index (χ0n) is 16.8. The molecule has 0 bridgehead atoms. The molecule has 0 aliphatic rings. The van der Waals surface area contributed by atoms with Crippen molar-refractivity contribution in [3.8, 4) is 5.75 Å². The third-order valence-electron chi connectivity index (χ3n) is 4.94. The number of benzene rings is 3. The third kappa shape index (κ3) is 4.94. The van der Waals surface area contributed by atoms with Crippen molar-refractivity contribution in [1.29, 1.82) is 0 Å². The number of nitrogens with zero attached hydrogens (tertiary/aromatic N) is 2. The van der Waals surface area contributed by atoms with E-state index in [0.29, 0.717) is 0 Å². The van der Waals surface area contributed by atoms with Gasteiger partial charge >= 0.3 is 0 Å². The highest BCUT2D eigenvalue weighted by molar-refractivity contribution is 5.79. The van der Waals surface area contributed by atoms with Crippen LogP contribution in [0.3, 0.4) is 0 Å². The van der Waals surface area contributed by atoms with Gasteiger partial charge in [0.1, 0.15) is 11.6 Å². The maximum Gasteiger partial charge on any atom is 0.133 e. The highest BCUT2D eigenvalue weighted by Crippen LogP contribution is 2.19. The van der Waals surface area contributed by atoms with Gasteiger partial charge < -0.3 is 9.30 Å². The highest BCUT2D eigenvalue weighted by atomic mass is 16.5. The van der Waals surface area contributed by atoms with E-state index < -0.39 is 0 Å². The molecule has 0 unspecified atom stereocenters. The van der Waals surface area contributed by atoms with Gasteiger partial charge in [0.25, 0.3) is 0 Å². The van der Waals surface area contributed by atoms with E-state index in [1.165, 1.54) is 16.6 Å². The summed E-state index contributed by atoms with van der Waals surface area (Å²) in [6, 6.07) is 26.9. The summed E-state index contributed by atoms with van der Waals surface area (Å²) >= 11 is 0. The first-order valence-electron chi connectivity index (χ1n) is 10.2. The molecule has 29 heavy (non-hydrogen) atoms. The molecule has 0 N–H and O–H groups in total. The van der Waals surface area contributed by atoms with Gasteiger partial charge in [-0.3, -0.25) is 0 Å². The number of aryl methyl sites for hydroxylation is 2. The number of unbranched alkanes of at least 4 members (excludes halogenated alkanes) is 1. The number of aromatic nitrogens is 2. The van der Waals surface area contributed by atoms with Gasteiger partial charge in [-0.25, -0.2) is 4.98 Å². The molecule has 0 aliphatic carbocycles. The fourth-order valence-corrected chi connectivity index (χ4v) is 3.46. The first-order valence-corrected chi connectivity index (χ1v) is 10.2. The molecular weight excluding hydrogens is 356 g/mol. The number of hydrogen-bond acceptors (Lipinski definition) is 2. The van der Waals surface area contributed by atoms with Crippen molar-refractivity contribution >= 4 is 23.2 Å². The zero-order valence-corrected chi connectivity index (χ0v) is 16.8. The Labute approximate surface area is 172 Å². The molecule has 0 atom stereocenters. The molecule has 4 rings (SSSR count). The second kappa shape index (κ2) is 9.24. The Morgan fingerprint density at radius 3 is 2.55 bits per heavy atom. The summed E-state index contributed by atoms with van der Waals surface area (Å²) in [5.41, 5.74) is 4.62. The van der Waals surface area contributed by atoms with Gasteiger partial charge in [0.15, 0.2) is 0 Å². The number of para-hydroxylation sites is 2. The lowest BCUT2D eigenvalue weighted by Crippen LogP contribution is -2.04. The summed E-state index contributed by atoms with van der Waals surface area (Å²) in [4.78, 5) is 4.83. The van der Waals surface area contributed by atoms with Crippen molar-refractivity contribution in [3.05, 3.63) is 95.8 Å². The Morgan fingerprint density at radius 1 is 0.862 bits per heavy atom.